The molecular formula is C19H27FN2O2. The van der Waals surface area contributed by atoms with Crippen molar-refractivity contribution >= 4 is 5.91 Å². The van der Waals surface area contributed by atoms with E-state index in [1.54, 1.807) is 6.07 Å². The molecule has 1 atom stereocenters. The second-order valence-electron chi connectivity index (χ2n) is 7.00. The molecule has 4 nitrogen and oxygen atoms in total. The number of carbonyl (C=O) groups is 1. The van der Waals surface area contributed by atoms with Crippen LogP contribution in [0.1, 0.15) is 38.2 Å². The van der Waals surface area contributed by atoms with Gasteiger partial charge in [0.05, 0.1) is 6.04 Å². The van der Waals surface area contributed by atoms with Crippen LogP contribution in [0.15, 0.2) is 18.2 Å². The number of carbonyl (C=O) groups excluding carboxylic acids is 1. The average Bonchev–Trinajstić information content (AvgIpc) is 2.60. The highest BCUT2D eigenvalue weighted by molar-refractivity contribution is 5.79. The van der Waals surface area contributed by atoms with Gasteiger partial charge in [0.15, 0.2) is 0 Å². The third-order valence-corrected chi connectivity index (χ3v) is 5.18. The van der Waals surface area contributed by atoms with E-state index in [9.17, 15) is 9.18 Å². The van der Waals surface area contributed by atoms with Crippen LogP contribution in [0.2, 0.25) is 0 Å². The Labute approximate surface area is 143 Å². The third-order valence-electron chi connectivity index (χ3n) is 5.18. The molecule has 1 aliphatic carbocycles. The van der Waals surface area contributed by atoms with Gasteiger partial charge in [0.1, 0.15) is 18.2 Å². The molecule has 1 heterocycles. The maximum Gasteiger partial charge on any atom is 0.223 e. The van der Waals surface area contributed by atoms with Crippen LogP contribution in [0.25, 0.3) is 0 Å². The van der Waals surface area contributed by atoms with E-state index < -0.39 is 0 Å². The van der Waals surface area contributed by atoms with Crippen LogP contribution in [0.3, 0.4) is 0 Å². The fraction of sp³-hybridized carbons (Fsp3) is 0.632. The quantitative estimate of drug-likeness (QED) is 0.870. The largest absolute Gasteiger partial charge is 0.491 e. The first-order chi connectivity index (χ1) is 11.7. The van der Waals surface area contributed by atoms with Crippen molar-refractivity contribution in [3.05, 3.63) is 29.6 Å². The molecule has 24 heavy (non-hydrogen) atoms. The summed E-state index contributed by atoms with van der Waals surface area (Å²) in [7, 11) is 0. The van der Waals surface area contributed by atoms with Gasteiger partial charge in [0.25, 0.3) is 0 Å². The van der Waals surface area contributed by atoms with E-state index >= 15 is 0 Å². The van der Waals surface area contributed by atoms with E-state index in [2.05, 4.69) is 17.6 Å². The lowest BCUT2D eigenvalue weighted by Crippen LogP contribution is -2.46. The number of hydrogen-bond acceptors (Lipinski definition) is 3. The van der Waals surface area contributed by atoms with Gasteiger partial charge in [-0.05, 0) is 62.7 Å². The summed E-state index contributed by atoms with van der Waals surface area (Å²) in [6, 6.07) is 4.58. The van der Waals surface area contributed by atoms with E-state index in [0.29, 0.717) is 24.7 Å². The van der Waals surface area contributed by atoms with Gasteiger partial charge < -0.3 is 15.4 Å². The highest BCUT2D eigenvalue weighted by Crippen LogP contribution is 2.29. The fourth-order valence-electron chi connectivity index (χ4n) is 3.74. The number of fused-ring (bicyclic) bond motifs is 1. The minimum absolute atomic E-state index is 0.0186. The summed E-state index contributed by atoms with van der Waals surface area (Å²) >= 11 is 0. The van der Waals surface area contributed by atoms with Gasteiger partial charge >= 0.3 is 0 Å². The summed E-state index contributed by atoms with van der Waals surface area (Å²) in [5.74, 6) is 1.29. The minimum Gasteiger partial charge on any atom is -0.491 e. The summed E-state index contributed by atoms with van der Waals surface area (Å²) in [5.41, 5.74) is 0.960. The minimum atomic E-state index is -0.287. The van der Waals surface area contributed by atoms with E-state index in [1.807, 2.05) is 0 Å². The number of amides is 1. The second-order valence-corrected chi connectivity index (χ2v) is 7.00. The first kappa shape index (κ1) is 17.2. The molecule has 0 spiro atoms. The molecule has 1 aromatic rings. The molecule has 0 radical (unpaired) electrons. The molecule has 1 amide bonds. The Morgan fingerprint density at radius 3 is 2.83 bits per heavy atom. The van der Waals surface area contributed by atoms with Crippen molar-refractivity contribution in [1.82, 2.24) is 10.6 Å². The number of hydrogen-bond donors (Lipinski definition) is 2. The maximum absolute atomic E-state index is 13.2. The molecule has 1 fully saturated rings. The molecule has 2 N–H and O–H groups in total. The summed E-state index contributed by atoms with van der Waals surface area (Å²) in [5, 5.41) is 6.53. The van der Waals surface area contributed by atoms with Crippen LogP contribution in [0.5, 0.6) is 5.75 Å². The van der Waals surface area contributed by atoms with Crippen molar-refractivity contribution in [2.75, 3.05) is 19.7 Å². The first-order valence-corrected chi connectivity index (χ1v) is 9.08. The lowest BCUT2D eigenvalue weighted by Gasteiger charge is -2.31. The van der Waals surface area contributed by atoms with Gasteiger partial charge in [-0.2, -0.15) is 0 Å². The molecule has 0 aromatic heterocycles. The number of nitrogens with one attached hydrogen (secondary N) is 2. The summed E-state index contributed by atoms with van der Waals surface area (Å²) in [4.78, 5) is 12.5. The number of ether oxygens (including phenoxy) is 1. The van der Waals surface area contributed by atoms with Crippen molar-refractivity contribution in [2.45, 2.75) is 45.1 Å². The van der Waals surface area contributed by atoms with Gasteiger partial charge in [0.2, 0.25) is 5.91 Å². The van der Waals surface area contributed by atoms with Crippen LogP contribution in [0, 0.1) is 17.7 Å². The molecule has 2 aliphatic rings. The van der Waals surface area contributed by atoms with Crippen molar-refractivity contribution in [2.24, 2.45) is 11.8 Å². The number of halogens is 1. The van der Waals surface area contributed by atoms with E-state index in [1.165, 1.54) is 12.1 Å². The van der Waals surface area contributed by atoms with Gasteiger partial charge in [0, 0.05) is 12.0 Å². The average molecular weight is 334 g/mol. The van der Waals surface area contributed by atoms with Crippen molar-refractivity contribution < 1.29 is 13.9 Å². The van der Waals surface area contributed by atoms with Crippen LogP contribution in [-0.2, 0) is 11.2 Å². The normalized spacial score (nSPS) is 26.3. The first-order valence-electron chi connectivity index (χ1n) is 9.08. The zero-order valence-corrected chi connectivity index (χ0v) is 14.3. The molecule has 132 valence electrons. The SMILES string of the molecule is CCNCC1CCC(C(=O)NC2COc3cc(F)ccc3C2)CC1. The molecule has 1 unspecified atom stereocenters. The Bertz CT molecular complexity index is 570. The molecule has 0 saturated heterocycles. The van der Waals surface area contributed by atoms with Crippen LogP contribution in [-0.4, -0.2) is 31.6 Å². The second kappa shape index (κ2) is 7.97. The zero-order chi connectivity index (χ0) is 16.9. The Kier molecular flexibility index (Phi) is 5.72. The lowest BCUT2D eigenvalue weighted by molar-refractivity contribution is -0.127. The molecule has 1 aliphatic heterocycles. The summed E-state index contributed by atoms with van der Waals surface area (Å²) < 4.78 is 18.8. The van der Waals surface area contributed by atoms with E-state index in [-0.39, 0.29) is 23.7 Å². The molecular weight excluding hydrogens is 307 g/mol. The highest BCUT2D eigenvalue weighted by atomic mass is 19.1. The predicted octanol–water partition coefficient (Wildman–Crippen LogP) is 2.66. The van der Waals surface area contributed by atoms with Gasteiger partial charge in [-0.15, -0.1) is 0 Å². The van der Waals surface area contributed by atoms with Gasteiger partial charge in [-0.25, -0.2) is 4.39 Å². The van der Waals surface area contributed by atoms with Crippen LogP contribution in [0.4, 0.5) is 4.39 Å². The summed E-state index contributed by atoms with van der Waals surface area (Å²) in [6.45, 7) is 4.61. The third kappa shape index (κ3) is 4.26. The Morgan fingerprint density at radius 1 is 1.29 bits per heavy atom. The lowest BCUT2D eigenvalue weighted by atomic mass is 9.81. The standard InChI is InChI=1S/C19H27FN2O2/c1-2-21-11-13-3-5-14(6-4-13)19(23)22-17-9-15-7-8-16(20)10-18(15)24-12-17/h7-8,10,13-14,17,21H,2-6,9,11-12H2,1H3,(H,22,23). The predicted molar refractivity (Wildman–Crippen MR) is 91.5 cm³/mol. The molecule has 3 rings (SSSR count). The van der Waals surface area contributed by atoms with E-state index in [4.69, 9.17) is 4.74 Å². The Morgan fingerprint density at radius 2 is 2.08 bits per heavy atom. The van der Waals surface area contributed by atoms with Gasteiger partial charge in [-0.1, -0.05) is 13.0 Å². The monoisotopic (exact) mass is 334 g/mol. The van der Waals surface area contributed by atoms with E-state index in [0.717, 1.165) is 44.3 Å². The zero-order valence-electron chi connectivity index (χ0n) is 14.3. The number of rotatable bonds is 5. The van der Waals surface area contributed by atoms with Crippen molar-refractivity contribution in [1.29, 1.82) is 0 Å². The van der Waals surface area contributed by atoms with Gasteiger partial charge in [-0.3, -0.25) is 4.79 Å². The van der Waals surface area contributed by atoms with Crippen LogP contribution >= 0.6 is 0 Å². The summed E-state index contributed by atoms with van der Waals surface area (Å²) in [6.07, 6.45) is 4.88. The topological polar surface area (TPSA) is 50.4 Å². The Balaban J connectivity index is 1.47. The molecule has 1 aromatic carbocycles. The fourth-order valence-corrected chi connectivity index (χ4v) is 3.74. The molecule has 1 saturated carbocycles. The highest BCUT2D eigenvalue weighted by Gasteiger charge is 2.29. The molecule has 0 bridgehead atoms. The van der Waals surface area contributed by atoms with Crippen molar-refractivity contribution in [3.63, 3.8) is 0 Å². The smallest absolute Gasteiger partial charge is 0.223 e. The number of benzene rings is 1. The maximum atomic E-state index is 13.2. The molecule has 5 heteroatoms. The van der Waals surface area contributed by atoms with Crippen molar-refractivity contribution in [3.8, 4) is 5.75 Å². The van der Waals surface area contributed by atoms with Crippen LogP contribution < -0.4 is 15.4 Å². The Hall–Kier alpha value is -1.62.